The van der Waals surface area contributed by atoms with Gasteiger partial charge in [0.25, 0.3) is 0 Å². The van der Waals surface area contributed by atoms with E-state index in [9.17, 15) is 23.2 Å². The van der Waals surface area contributed by atoms with Crippen LogP contribution in [0.3, 0.4) is 0 Å². The first-order valence-corrected chi connectivity index (χ1v) is 16.7. The van der Waals surface area contributed by atoms with Crippen molar-refractivity contribution in [1.29, 1.82) is 0 Å². The molecule has 9 aromatic rings. The molecule has 0 radical (unpaired) electrons. The molecule has 9 rings (SSSR count). The Labute approximate surface area is 278 Å². The van der Waals surface area contributed by atoms with Crippen LogP contribution in [-0.2, 0) is 11.3 Å². The van der Waals surface area contributed by atoms with Crippen LogP contribution in [0.15, 0.2) is 93.6 Å². The molecule has 9 nitrogen and oxygen atoms in total. The lowest BCUT2D eigenvalue weighted by molar-refractivity contribution is 0.143. The van der Waals surface area contributed by atoms with Crippen molar-refractivity contribution in [3.63, 3.8) is 0 Å². The van der Waals surface area contributed by atoms with Crippen molar-refractivity contribution in [2.24, 2.45) is 4.99 Å². The van der Waals surface area contributed by atoms with Gasteiger partial charge in [0.05, 0.1) is 43.2 Å². The first kappa shape index (κ1) is 28.6. The summed E-state index contributed by atoms with van der Waals surface area (Å²) < 4.78 is 46.7. The number of carbonyl (C=O) groups is 1. The highest BCUT2D eigenvalue weighted by Crippen LogP contribution is 2.46. The van der Waals surface area contributed by atoms with Crippen LogP contribution in [0, 0.1) is 11.6 Å². The molecule has 5 aromatic heterocycles. The van der Waals surface area contributed by atoms with Gasteiger partial charge in [0.1, 0.15) is 29.0 Å². The summed E-state index contributed by atoms with van der Waals surface area (Å²) in [6.45, 7) is 0.108. The number of aromatic nitrogens is 4. The minimum atomic E-state index is -1.23. The molecule has 0 atom stereocenters. The highest BCUT2D eigenvalue weighted by atomic mass is 32.1. The van der Waals surface area contributed by atoms with E-state index in [0.29, 0.717) is 39.3 Å². The van der Waals surface area contributed by atoms with Crippen molar-refractivity contribution in [2.45, 2.75) is 6.61 Å². The summed E-state index contributed by atoms with van der Waals surface area (Å²) in [4.78, 5) is 49.2. The molecule has 48 heavy (non-hydrogen) atoms. The second-order valence-electron chi connectivity index (χ2n) is 10.9. The van der Waals surface area contributed by atoms with Crippen LogP contribution >= 0.6 is 34.4 Å². The largest absolute Gasteiger partial charge is 0.444 e. The Bertz CT molecular complexity index is 2900. The van der Waals surface area contributed by atoms with Gasteiger partial charge in [0.2, 0.25) is 10.9 Å². The zero-order valence-electron chi connectivity index (χ0n) is 24.1. The van der Waals surface area contributed by atoms with Crippen LogP contribution in [0.25, 0.3) is 62.9 Å². The predicted molar refractivity (Wildman–Crippen MR) is 183 cm³/mol. The van der Waals surface area contributed by atoms with Gasteiger partial charge in [-0.1, -0.05) is 48.5 Å². The summed E-state index contributed by atoms with van der Waals surface area (Å²) in [6, 6.07) is 20.6. The number of fused-ring (bicyclic) bond motifs is 7. The second kappa shape index (κ2) is 10.7. The smallest absolute Gasteiger partial charge is 0.419 e. The molecular formula is C34H15F2N5O4S3. The third-order valence-electron chi connectivity index (χ3n) is 8.06. The number of rotatable bonds is 4. The van der Waals surface area contributed by atoms with Crippen LogP contribution in [0.5, 0.6) is 0 Å². The minimum Gasteiger partial charge on any atom is -0.444 e. The first-order valence-electron chi connectivity index (χ1n) is 14.3. The maximum atomic E-state index is 13.8. The molecule has 0 N–H and O–H groups in total. The molecule has 0 saturated heterocycles. The Morgan fingerprint density at radius 1 is 0.833 bits per heavy atom. The molecule has 0 amide bonds. The van der Waals surface area contributed by atoms with Gasteiger partial charge in [0, 0.05) is 20.9 Å². The first-order chi connectivity index (χ1) is 23.4. The summed E-state index contributed by atoms with van der Waals surface area (Å²) >= 11 is 3.93. The van der Waals surface area contributed by atoms with E-state index in [0.717, 1.165) is 42.3 Å². The van der Waals surface area contributed by atoms with E-state index < -0.39 is 33.9 Å². The van der Waals surface area contributed by atoms with Gasteiger partial charge in [-0.3, -0.25) is 14.6 Å². The van der Waals surface area contributed by atoms with Crippen molar-refractivity contribution in [2.75, 3.05) is 0 Å². The standard InChI is InChI=1S/C34H15F2N5O4S3/c35-19-10-17-18(11-20(19)36)31(43)28(30(17)42)38-21-13-37-26(27-25(21)39-48-40-27)24-12-22-32(47-24)33-29(16-8-4-5-9-23(16)46-33)41(22)34(44)45-14-15-6-2-1-3-7-15/h1-13H,14H2. The summed E-state index contributed by atoms with van der Waals surface area (Å²) in [6.07, 6.45) is 0.858. The second-order valence-corrected chi connectivity index (χ2v) is 13.5. The zero-order chi connectivity index (χ0) is 32.7. The summed E-state index contributed by atoms with van der Waals surface area (Å²) in [5.41, 5.74) is 1.90. The van der Waals surface area contributed by atoms with Crippen molar-refractivity contribution in [3.8, 4) is 10.6 Å². The van der Waals surface area contributed by atoms with Crippen LogP contribution < -0.4 is 16.2 Å². The Morgan fingerprint density at radius 2 is 1.54 bits per heavy atom. The molecule has 0 fully saturated rings. The molecule has 0 aliphatic carbocycles. The van der Waals surface area contributed by atoms with Crippen molar-refractivity contribution in [1.82, 2.24) is 18.3 Å². The number of benzene rings is 3. The number of carbonyl (C=O) groups excluding carboxylic acids is 1. The molecule has 0 unspecified atom stereocenters. The van der Waals surface area contributed by atoms with E-state index in [-0.39, 0.29) is 23.1 Å². The van der Waals surface area contributed by atoms with Crippen LogP contribution in [0.1, 0.15) is 5.56 Å². The highest BCUT2D eigenvalue weighted by molar-refractivity contribution is 7.32. The topological polar surface area (TPSA) is 116 Å². The Hall–Kier alpha value is -5.57. The number of halogens is 2. The van der Waals surface area contributed by atoms with Gasteiger partial charge in [-0.2, -0.15) is 8.75 Å². The SMILES string of the molecule is O=C(OCc1ccccc1)n1c2cc(-c3ncc(N=c4c(=O)c5cc(F)c(F)cc5c4=O)c4nsnc34)sc2c2sc3ccccc3c21. The average molecular weight is 692 g/mol. The molecule has 0 aliphatic rings. The van der Waals surface area contributed by atoms with Crippen molar-refractivity contribution >= 4 is 98.5 Å². The Balaban J connectivity index is 1.20. The third kappa shape index (κ3) is 4.26. The van der Waals surface area contributed by atoms with Gasteiger partial charge >= 0.3 is 6.09 Å². The van der Waals surface area contributed by atoms with Crippen LogP contribution in [0.4, 0.5) is 19.3 Å². The fourth-order valence-corrected chi connectivity index (χ4v) is 8.88. The molecule has 14 heteroatoms. The van der Waals surface area contributed by atoms with E-state index in [2.05, 4.69) is 18.7 Å². The Kier molecular flexibility index (Phi) is 6.40. The fourth-order valence-electron chi connectivity index (χ4n) is 5.85. The van der Waals surface area contributed by atoms with Crippen LogP contribution in [-0.4, -0.2) is 24.4 Å². The molecule has 0 saturated carbocycles. The number of pyridine rings is 1. The monoisotopic (exact) mass is 691 g/mol. The number of hydrogen-bond acceptors (Lipinski definition) is 11. The third-order valence-corrected chi connectivity index (χ3v) is 11.0. The van der Waals surface area contributed by atoms with Gasteiger partial charge in [-0.15, -0.1) is 22.7 Å². The summed E-state index contributed by atoms with van der Waals surface area (Å²) in [5, 5.41) is -0.0582. The fraction of sp³-hybridized carbons (Fsp3) is 0.0294. The molecule has 4 aromatic carbocycles. The lowest BCUT2D eigenvalue weighted by Crippen LogP contribution is -2.31. The zero-order valence-corrected chi connectivity index (χ0v) is 26.5. The normalized spacial score (nSPS) is 11.9. The van der Waals surface area contributed by atoms with Gasteiger partial charge in [-0.25, -0.2) is 23.1 Å². The lowest BCUT2D eigenvalue weighted by atomic mass is 10.2. The van der Waals surface area contributed by atoms with E-state index in [4.69, 9.17) is 4.74 Å². The number of ether oxygens (including phenoxy) is 1. The van der Waals surface area contributed by atoms with E-state index in [1.54, 1.807) is 15.9 Å². The molecule has 0 spiro atoms. The molecule has 0 bridgehead atoms. The minimum absolute atomic E-state index is 0.106. The van der Waals surface area contributed by atoms with Gasteiger partial charge < -0.3 is 4.74 Å². The van der Waals surface area contributed by atoms with E-state index in [1.165, 1.54) is 17.5 Å². The predicted octanol–water partition coefficient (Wildman–Crippen LogP) is 7.58. The average Bonchev–Trinajstić information content (AvgIpc) is 3.91. The number of thiophene rings is 2. The molecule has 0 aliphatic heterocycles. The van der Waals surface area contributed by atoms with Crippen LogP contribution in [0.2, 0.25) is 0 Å². The highest BCUT2D eigenvalue weighted by Gasteiger charge is 2.26. The van der Waals surface area contributed by atoms with E-state index >= 15 is 0 Å². The summed E-state index contributed by atoms with van der Waals surface area (Å²) in [7, 11) is 0. The molecular weight excluding hydrogens is 677 g/mol. The van der Waals surface area contributed by atoms with Crippen molar-refractivity contribution in [3.05, 3.63) is 122 Å². The van der Waals surface area contributed by atoms with Gasteiger partial charge in [0.15, 0.2) is 17.0 Å². The van der Waals surface area contributed by atoms with Gasteiger partial charge in [-0.05, 0) is 29.8 Å². The maximum absolute atomic E-state index is 13.8. The lowest BCUT2D eigenvalue weighted by Gasteiger charge is -2.07. The number of hydrogen-bond donors (Lipinski definition) is 0. The summed E-state index contributed by atoms with van der Waals surface area (Å²) in [5.74, 6) is -2.47. The van der Waals surface area contributed by atoms with E-state index in [1.807, 2.05) is 60.7 Å². The van der Waals surface area contributed by atoms with Crippen molar-refractivity contribution < 1.29 is 18.3 Å². The maximum Gasteiger partial charge on any atom is 0.419 e. The molecule has 5 heterocycles. The quantitative estimate of drug-likeness (QED) is 0.187. The Morgan fingerprint density at radius 3 is 2.31 bits per heavy atom. The number of nitrogens with zero attached hydrogens (tertiary/aromatic N) is 5. The molecule has 232 valence electrons.